The molecule has 106 valence electrons. The number of rotatable bonds is 4. The second-order valence-corrected chi connectivity index (χ2v) is 5.70. The quantitative estimate of drug-likeness (QED) is 0.635. The van der Waals surface area contributed by atoms with Gasteiger partial charge in [-0.3, -0.25) is 11.3 Å². The van der Waals surface area contributed by atoms with Gasteiger partial charge < -0.3 is 0 Å². The van der Waals surface area contributed by atoms with Crippen LogP contribution in [0.1, 0.15) is 17.2 Å². The summed E-state index contributed by atoms with van der Waals surface area (Å²) in [7, 11) is 0. The fourth-order valence-electron chi connectivity index (χ4n) is 1.97. The largest absolute Gasteiger partial charge is 0.271 e. The van der Waals surface area contributed by atoms with Crippen LogP contribution in [0.5, 0.6) is 0 Å². The summed E-state index contributed by atoms with van der Waals surface area (Å²) in [6.45, 7) is 0. The van der Waals surface area contributed by atoms with Gasteiger partial charge in [-0.2, -0.15) is 0 Å². The topological polar surface area (TPSA) is 38.0 Å². The molecule has 0 bridgehead atoms. The monoisotopic (exact) mass is 360 g/mol. The number of benzene rings is 2. The smallest absolute Gasteiger partial charge is 0.142 e. The van der Waals surface area contributed by atoms with Crippen molar-refractivity contribution in [2.75, 3.05) is 0 Å². The third-order valence-corrected chi connectivity index (χ3v) is 3.67. The highest BCUT2D eigenvalue weighted by atomic mass is 79.9. The van der Waals surface area contributed by atoms with Crippen LogP contribution in [0, 0.1) is 11.6 Å². The molecule has 0 saturated carbocycles. The van der Waals surface area contributed by atoms with Crippen LogP contribution < -0.4 is 11.3 Å². The summed E-state index contributed by atoms with van der Waals surface area (Å²) >= 11 is 8.88. The number of hydrogen-bond donors (Lipinski definition) is 2. The molecule has 3 N–H and O–H groups in total. The Morgan fingerprint density at radius 1 is 1.20 bits per heavy atom. The van der Waals surface area contributed by atoms with Crippen LogP contribution in [-0.2, 0) is 6.42 Å². The van der Waals surface area contributed by atoms with Crippen molar-refractivity contribution in [3.8, 4) is 0 Å². The number of halogens is 4. The molecule has 0 radical (unpaired) electrons. The van der Waals surface area contributed by atoms with Gasteiger partial charge in [0.1, 0.15) is 11.6 Å². The lowest BCUT2D eigenvalue weighted by Gasteiger charge is -2.17. The van der Waals surface area contributed by atoms with Crippen LogP contribution in [0.25, 0.3) is 0 Å². The van der Waals surface area contributed by atoms with Gasteiger partial charge in [-0.15, -0.1) is 0 Å². The van der Waals surface area contributed by atoms with E-state index in [1.165, 1.54) is 24.3 Å². The molecular weight excluding hydrogens is 350 g/mol. The maximum Gasteiger partial charge on any atom is 0.142 e. The fraction of sp³-hybridized carbons (Fsp3) is 0.143. The van der Waals surface area contributed by atoms with E-state index in [2.05, 4.69) is 21.4 Å². The Kier molecular flexibility index (Phi) is 5.10. The van der Waals surface area contributed by atoms with Crippen LogP contribution in [0.4, 0.5) is 8.78 Å². The van der Waals surface area contributed by atoms with Crippen molar-refractivity contribution in [3.05, 3.63) is 68.7 Å². The van der Waals surface area contributed by atoms with Gasteiger partial charge in [0.05, 0.1) is 11.1 Å². The molecule has 0 saturated heterocycles. The van der Waals surface area contributed by atoms with Crippen LogP contribution in [0.3, 0.4) is 0 Å². The van der Waals surface area contributed by atoms with Crippen molar-refractivity contribution in [1.82, 2.24) is 5.43 Å². The molecule has 2 aromatic rings. The Morgan fingerprint density at radius 3 is 2.55 bits per heavy atom. The van der Waals surface area contributed by atoms with Crippen LogP contribution >= 0.6 is 27.5 Å². The normalized spacial score (nSPS) is 12.4. The second-order valence-electron chi connectivity index (χ2n) is 4.37. The van der Waals surface area contributed by atoms with E-state index in [1.54, 1.807) is 12.1 Å². The summed E-state index contributed by atoms with van der Waals surface area (Å²) in [6, 6.07) is 8.72. The lowest BCUT2D eigenvalue weighted by molar-refractivity contribution is 0.541. The van der Waals surface area contributed by atoms with Crippen LogP contribution in [0.2, 0.25) is 5.02 Å². The molecule has 20 heavy (non-hydrogen) atoms. The van der Waals surface area contributed by atoms with Gasteiger partial charge >= 0.3 is 0 Å². The van der Waals surface area contributed by atoms with Crippen molar-refractivity contribution in [2.45, 2.75) is 12.5 Å². The molecule has 0 aliphatic carbocycles. The lowest BCUT2D eigenvalue weighted by Crippen LogP contribution is -2.29. The van der Waals surface area contributed by atoms with Gasteiger partial charge in [0.2, 0.25) is 0 Å². The van der Waals surface area contributed by atoms with Gasteiger partial charge in [0.25, 0.3) is 0 Å². The molecule has 2 aromatic carbocycles. The predicted molar refractivity (Wildman–Crippen MR) is 79.3 cm³/mol. The lowest BCUT2D eigenvalue weighted by atomic mass is 9.99. The molecule has 0 heterocycles. The minimum absolute atomic E-state index is 0.0537. The third kappa shape index (κ3) is 3.76. The Balaban J connectivity index is 2.26. The molecule has 1 unspecified atom stereocenters. The number of hydrogen-bond acceptors (Lipinski definition) is 2. The Labute approximate surface area is 129 Å². The Bertz CT molecular complexity index is 602. The Hall–Kier alpha value is -1.01. The maximum absolute atomic E-state index is 13.5. The van der Waals surface area contributed by atoms with E-state index in [0.29, 0.717) is 16.5 Å². The fourth-order valence-corrected chi connectivity index (χ4v) is 2.60. The zero-order valence-corrected chi connectivity index (χ0v) is 12.7. The summed E-state index contributed by atoms with van der Waals surface area (Å²) < 4.78 is 27.5. The molecule has 1 atom stereocenters. The SMILES string of the molecule is NNC(Cc1cc(F)cc(Br)c1)c1ccc(Cl)c(F)c1. The summed E-state index contributed by atoms with van der Waals surface area (Å²) in [5.41, 5.74) is 4.00. The van der Waals surface area contributed by atoms with E-state index >= 15 is 0 Å². The van der Waals surface area contributed by atoms with Gasteiger partial charge in [0.15, 0.2) is 0 Å². The van der Waals surface area contributed by atoms with Crippen LogP contribution in [0.15, 0.2) is 40.9 Å². The average molecular weight is 362 g/mol. The number of nitrogens with two attached hydrogens (primary N) is 1. The summed E-state index contributed by atoms with van der Waals surface area (Å²) in [6.07, 6.45) is 0.425. The van der Waals surface area contributed by atoms with Crippen LogP contribution in [-0.4, -0.2) is 0 Å². The predicted octanol–water partition coefficient (Wildman–Crippen LogP) is 4.13. The maximum atomic E-state index is 13.5. The van der Waals surface area contributed by atoms with Crippen molar-refractivity contribution >= 4 is 27.5 Å². The minimum atomic E-state index is -0.509. The van der Waals surface area contributed by atoms with Crippen molar-refractivity contribution in [3.63, 3.8) is 0 Å². The summed E-state index contributed by atoms with van der Waals surface area (Å²) in [5.74, 6) is 4.66. The number of hydrazine groups is 1. The van der Waals surface area contributed by atoms with E-state index in [9.17, 15) is 8.78 Å². The van der Waals surface area contributed by atoms with Crippen molar-refractivity contribution in [1.29, 1.82) is 0 Å². The van der Waals surface area contributed by atoms with Gasteiger partial charge in [-0.1, -0.05) is 33.6 Å². The molecular formula is C14H12BrClF2N2. The first-order valence-corrected chi connectivity index (χ1v) is 7.02. The zero-order valence-electron chi connectivity index (χ0n) is 10.3. The first-order valence-electron chi connectivity index (χ1n) is 5.85. The minimum Gasteiger partial charge on any atom is -0.271 e. The Morgan fingerprint density at radius 2 is 1.95 bits per heavy atom. The highest BCUT2D eigenvalue weighted by Crippen LogP contribution is 2.24. The molecule has 0 aliphatic heterocycles. The van der Waals surface area contributed by atoms with Gasteiger partial charge in [-0.05, 0) is 47.9 Å². The molecule has 2 rings (SSSR count). The zero-order chi connectivity index (χ0) is 14.7. The summed E-state index contributed by atoms with van der Waals surface area (Å²) in [5, 5.41) is 0.0537. The molecule has 0 aromatic heterocycles. The molecule has 2 nitrogen and oxygen atoms in total. The highest BCUT2D eigenvalue weighted by Gasteiger charge is 2.13. The van der Waals surface area contributed by atoms with E-state index < -0.39 is 5.82 Å². The molecule has 0 aliphatic rings. The van der Waals surface area contributed by atoms with E-state index in [-0.39, 0.29) is 16.9 Å². The standard InChI is InChI=1S/C14H12BrClF2N2/c15-10-3-8(4-11(17)7-10)5-14(20-19)9-1-2-12(16)13(18)6-9/h1-4,6-7,14,20H,5,19H2. The van der Waals surface area contributed by atoms with Gasteiger partial charge in [0, 0.05) is 4.47 Å². The van der Waals surface area contributed by atoms with Crippen molar-refractivity contribution in [2.24, 2.45) is 5.84 Å². The first-order chi connectivity index (χ1) is 9.49. The van der Waals surface area contributed by atoms with E-state index in [1.807, 2.05) is 0 Å². The second kappa shape index (κ2) is 6.63. The first kappa shape index (κ1) is 15.4. The van der Waals surface area contributed by atoms with E-state index in [0.717, 1.165) is 5.56 Å². The van der Waals surface area contributed by atoms with Crippen molar-refractivity contribution < 1.29 is 8.78 Å². The molecule has 0 amide bonds. The molecule has 0 fully saturated rings. The highest BCUT2D eigenvalue weighted by molar-refractivity contribution is 9.10. The summed E-state index contributed by atoms with van der Waals surface area (Å²) in [4.78, 5) is 0. The molecule has 6 heteroatoms. The average Bonchev–Trinajstić information content (AvgIpc) is 2.38. The van der Waals surface area contributed by atoms with E-state index in [4.69, 9.17) is 17.4 Å². The third-order valence-electron chi connectivity index (χ3n) is 2.91. The molecule has 0 spiro atoms. The van der Waals surface area contributed by atoms with Gasteiger partial charge in [-0.25, -0.2) is 8.78 Å². The number of nitrogens with one attached hydrogen (secondary N) is 1.